The molecule has 0 saturated heterocycles. The van der Waals surface area contributed by atoms with Crippen LogP contribution in [0.25, 0.3) is 11.0 Å². The van der Waals surface area contributed by atoms with E-state index in [0.717, 1.165) is 5.56 Å². The van der Waals surface area contributed by atoms with Gasteiger partial charge in [-0.2, -0.15) is 5.10 Å². The summed E-state index contributed by atoms with van der Waals surface area (Å²) < 4.78 is 53.9. The van der Waals surface area contributed by atoms with Gasteiger partial charge in [-0.3, -0.25) is 9.40 Å². The van der Waals surface area contributed by atoms with Gasteiger partial charge in [0.25, 0.3) is 0 Å². The molecule has 0 bridgehead atoms. The summed E-state index contributed by atoms with van der Waals surface area (Å²) in [6, 6.07) is 5.40. The molecule has 1 aliphatic rings. The topological polar surface area (TPSA) is 99.2 Å². The zero-order chi connectivity index (χ0) is 20.4. The SMILES string of the molecule is COc1cc(Cn2cccn2)cc2onc(NS(=O)(=O)CC3CCCC(F)C3)c12. The number of sulfonamides is 1. The van der Waals surface area contributed by atoms with Gasteiger partial charge in [-0.15, -0.1) is 0 Å². The molecule has 1 fully saturated rings. The zero-order valence-corrected chi connectivity index (χ0v) is 16.9. The number of aromatic nitrogens is 3. The van der Waals surface area contributed by atoms with E-state index in [9.17, 15) is 12.8 Å². The minimum Gasteiger partial charge on any atom is -0.496 e. The molecule has 0 spiro atoms. The summed E-state index contributed by atoms with van der Waals surface area (Å²) in [5.74, 6) is 0.193. The van der Waals surface area contributed by atoms with E-state index in [1.807, 2.05) is 12.3 Å². The Labute approximate surface area is 168 Å². The Morgan fingerprint density at radius 2 is 2.24 bits per heavy atom. The molecule has 1 N–H and O–H groups in total. The molecular formula is C19H23FN4O4S. The van der Waals surface area contributed by atoms with Crippen LogP contribution in [0.3, 0.4) is 0 Å². The lowest BCUT2D eigenvalue weighted by molar-refractivity contribution is 0.209. The van der Waals surface area contributed by atoms with Gasteiger partial charge in [-0.05, 0) is 48.9 Å². The first kappa shape index (κ1) is 19.7. The van der Waals surface area contributed by atoms with Gasteiger partial charge in [0.05, 0.1) is 19.4 Å². The van der Waals surface area contributed by atoms with Gasteiger partial charge in [-0.25, -0.2) is 12.8 Å². The van der Waals surface area contributed by atoms with Gasteiger partial charge < -0.3 is 9.26 Å². The van der Waals surface area contributed by atoms with Crippen molar-refractivity contribution in [3.8, 4) is 5.75 Å². The number of nitrogens with zero attached hydrogens (tertiary/aromatic N) is 3. The van der Waals surface area contributed by atoms with Crippen molar-refractivity contribution in [3.63, 3.8) is 0 Å². The number of hydrogen-bond donors (Lipinski definition) is 1. The molecule has 0 radical (unpaired) electrons. The van der Waals surface area contributed by atoms with Gasteiger partial charge in [0.15, 0.2) is 11.4 Å². The van der Waals surface area contributed by atoms with Gasteiger partial charge in [0, 0.05) is 12.4 Å². The fourth-order valence-electron chi connectivity index (χ4n) is 3.87. The second-order valence-electron chi connectivity index (χ2n) is 7.42. The first-order valence-corrected chi connectivity index (χ1v) is 11.2. The van der Waals surface area contributed by atoms with Crippen LogP contribution in [0.5, 0.6) is 5.75 Å². The minimum absolute atomic E-state index is 0.0788. The van der Waals surface area contributed by atoms with Crippen LogP contribution >= 0.6 is 0 Å². The van der Waals surface area contributed by atoms with Crippen LogP contribution in [0.15, 0.2) is 35.1 Å². The predicted molar refractivity (Wildman–Crippen MR) is 106 cm³/mol. The van der Waals surface area contributed by atoms with E-state index in [4.69, 9.17) is 9.26 Å². The molecule has 29 heavy (non-hydrogen) atoms. The minimum atomic E-state index is -3.70. The van der Waals surface area contributed by atoms with E-state index in [0.29, 0.717) is 42.5 Å². The Bertz CT molecular complexity index is 1080. The summed E-state index contributed by atoms with van der Waals surface area (Å²) in [6.07, 6.45) is 4.81. The number of ether oxygens (including phenoxy) is 1. The lowest BCUT2D eigenvalue weighted by Crippen LogP contribution is -2.27. The third-order valence-corrected chi connectivity index (χ3v) is 6.56. The van der Waals surface area contributed by atoms with Crippen LogP contribution in [0.4, 0.5) is 10.2 Å². The number of halogens is 1. The maximum atomic E-state index is 13.6. The van der Waals surface area contributed by atoms with E-state index >= 15 is 0 Å². The third-order valence-electron chi connectivity index (χ3n) is 5.15. The van der Waals surface area contributed by atoms with Gasteiger partial charge in [0.1, 0.15) is 17.3 Å². The largest absolute Gasteiger partial charge is 0.496 e. The van der Waals surface area contributed by atoms with E-state index in [1.165, 1.54) is 7.11 Å². The molecule has 2 heterocycles. The van der Waals surface area contributed by atoms with E-state index < -0.39 is 16.2 Å². The first-order valence-electron chi connectivity index (χ1n) is 9.52. The van der Waals surface area contributed by atoms with Crippen LogP contribution < -0.4 is 9.46 Å². The number of benzene rings is 1. The maximum Gasteiger partial charge on any atom is 0.234 e. The average molecular weight is 422 g/mol. The Morgan fingerprint density at radius 1 is 1.38 bits per heavy atom. The zero-order valence-electron chi connectivity index (χ0n) is 16.0. The van der Waals surface area contributed by atoms with Crippen LogP contribution in [-0.2, 0) is 16.6 Å². The number of fused-ring (bicyclic) bond motifs is 1. The molecular weight excluding hydrogens is 399 g/mol. The molecule has 3 aromatic rings. The quantitative estimate of drug-likeness (QED) is 0.627. The molecule has 8 nitrogen and oxygen atoms in total. The van der Waals surface area contributed by atoms with Crippen molar-refractivity contribution in [2.24, 2.45) is 5.92 Å². The van der Waals surface area contributed by atoms with Crippen molar-refractivity contribution >= 4 is 26.8 Å². The molecule has 0 amide bonds. The number of rotatable bonds is 7. The van der Waals surface area contributed by atoms with E-state index in [2.05, 4.69) is 15.0 Å². The smallest absolute Gasteiger partial charge is 0.234 e. The fraction of sp³-hybridized carbons (Fsp3) is 0.474. The molecule has 1 aromatic carbocycles. The highest BCUT2D eigenvalue weighted by Gasteiger charge is 2.28. The van der Waals surface area contributed by atoms with Gasteiger partial charge in [0.2, 0.25) is 10.0 Å². The van der Waals surface area contributed by atoms with Gasteiger partial charge >= 0.3 is 0 Å². The third kappa shape index (κ3) is 4.52. The standard InChI is InChI=1S/C19H23FN4O4S/c1-27-16-9-14(11-24-7-3-6-21-24)10-17-18(16)19(22-28-17)23-29(25,26)12-13-4-2-5-15(20)8-13/h3,6-7,9-10,13,15H,2,4-5,8,11-12H2,1H3,(H,22,23). The fourth-order valence-corrected chi connectivity index (χ4v) is 5.31. The molecule has 1 aliphatic carbocycles. The number of hydrogen-bond acceptors (Lipinski definition) is 6. The van der Waals surface area contributed by atoms with Crippen molar-refractivity contribution < 1.29 is 22.1 Å². The first-order chi connectivity index (χ1) is 13.9. The Balaban J connectivity index is 1.57. The van der Waals surface area contributed by atoms with E-state index in [-0.39, 0.29) is 23.9 Å². The van der Waals surface area contributed by atoms with Crippen LogP contribution in [-0.4, -0.2) is 42.4 Å². The van der Waals surface area contributed by atoms with Gasteiger partial charge in [-0.1, -0.05) is 11.6 Å². The monoisotopic (exact) mass is 422 g/mol. The van der Waals surface area contributed by atoms with Crippen LogP contribution in [0.2, 0.25) is 0 Å². The number of methoxy groups -OCH3 is 1. The Hall–Kier alpha value is -2.62. The van der Waals surface area contributed by atoms with Crippen molar-refractivity contribution in [1.82, 2.24) is 14.9 Å². The maximum absolute atomic E-state index is 13.6. The Morgan fingerprint density at radius 3 is 2.97 bits per heavy atom. The molecule has 1 saturated carbocycles. The number of alkyl halides is 1. The van der Waals surface area contributed by atoms with Crippen molar-refractivity contribution in [3.05, 3.63) is 36.2 Å². The molecule has 2 unspecified atom stereocenters. The summed E-state index contributed by atoms with van der Waals surface area (Å²) in [5.41, 5.74) is 1.28. The van der Waals surface area contributed by atoms with E-state index in [1.54, 1.807) is 23.0 Å². The number of anilines is 1. The summed E-state index contributed by atoms with van der Waals surface area (Å²) in [7, 11) is -2.20. The molecule has 156 valence electrons. The van der Waals surface area contributed by atoms with Crippen LogP contribution in [0, 0.1) is 5.92 Å². The van der Waals surface area contributed by atoms with Crippen LogP contribution in [0.1, 0.15) is 31.2 Å². The highest BCUT2D eigenvalue weighted by atomic mass is 32.2. The summed E-state index contributed by atoms with van der Waals surface area (Å²) in [6.45, 7) is 0.507. The lowest BCUT2D eigenvalue weighted by Gasteiger charge is -2.24. The van der Waals surface area contributed by atoms with Crippen molar-refractivity contribution in [2.45, 2.75) is 38.4 Å². The molecule has 4 rings (SSSR count). The Kier molecular flexibility index (Phi) is 5.44. The number of nitrogens with one attached hydrogen (secondary N) is 1. The molecule has 10 heteroatoms. The second kappa shape index (κ2) is 8.02. The molecule has 0 aliphatic heterocycles. The highest BCUT2D eigenvalue weighted by Crippen LogP contribution is 2.35. The van der Waals surface area contributed by atoms with Crippen molar-refractivity contribution in [1.29, 1.82) is 0 Å². The highest BCUT2D eigenvalue weighted by molar-refractivity contribution is 7.92. The molecule has 2 aromatic heterocycles. The summed E-state index contributed by atoms with van der Waals surface area (Å²) in [5, 5.41) is 8.52. The summed E-state index contributed by atoms with van der Waals surface area (Å²) >= 11 is 0. The predicted octanol–water partition coefficient (Wildman–Crippen LogP) is 3.35. The van der Waals surface area contributed by atoms with Crippen molar-refractivity contribution in [2.75, 3.05) is 17.6 Å². The molecule has 2 atom stereocenters. The summed E-state index contributed by atoms with van der Waals surface area (Å²) in [4.78, 5) is 0. The average Bonchev–Trinajstić information content (AvgIpc) is 3.31. The second-order valence-corrected chi connectivity index (χ2v) is 9.19. The lowest BCUT2D eigenvalue weighted by atomic mass is 9.89. The normalized spacial score (nSPS) is 20.1.